The first kappa shape index (κ1) is 13.1. The van der Waals surface area contributed by atoms with Crippen molar-refractivity contribution in [2.24, 2.45) is 0 Å². The van der Waals surface area contributed by atoms with Crippen LogP contribution < -0.4 is 5.32 Å². The lowest BCUT2D eigenvalue weighted by atomic mass is 9.76. The molecule has 0 atom stereocenters. The molecule has 1 N–H and O–H groups in total. The lowest BCUT2D eigenvalue weighted by molar-refractivity contribution is 0.373. The second-order valence-electron chi connectivity index (χ2n) is 5.58. The van der Waals surface area contributed by atoms with Crippen molar-refractivity contribution in [3.05, 3.63) is 65.2 Å². The summed E-state index contributed by atoms with van der Waals surface area (Å²) in [4.78, 5) is 0. The van der Waals surface area contributed by atoms with Crippen molar-refractivity contribution >= 4 is 5.69 Å². The molecule has 1 aliphatic rings. The maximum atomic E-state index is 13.3. The average Bonchev–Trinajstić information content (AvgIpc) is 2.33. The van der Waals surface area contributed by atoms with E-state index in [0.29, 0.717) is 12.0 Å². The molecule has 0 bridgehead atoms. The standard InChI is InChI=1S/C17H17F2N/c1-11-6-15(19)10-16(7-11)20-17-8-13(9-17)12-2-4-14(18)5-3-12/h2-7,10,13,17,20H,8-9H2,1H3. The summed E-state index contributed by atoms with van der Waals surface area (Å²) in [5.41, 5.74) is 2.94. The van der Waals surface area contributed by atoms with Crippen LogP contribution in [0.1, 0.15) is 29.9 Å². The maximum absolute atomic E-state index is 13.3. The molecular formula is C17H17F2N. The minimum Gasteiger partial charge on any atom is -0.382 e. The topological polar surface area (TPSA) is 12.0 Å². The van der Waals surface area contributed by atoms with E-state index in [1.807, 2.05) is 25.1 Å². The third kappa shape index (κ3) is 2.82. The van der Waals surface area contributed by atoms with E-state index in [2.05, 4.69) is 5.32 Å². The second kappa shape index (κ2) is 5.23. The highest BCUT2D eigenvalue weighted by atomic mass is 19.1. The number of halogens is 2. The molecule has 2 aromatic carbocycles. The largest absolute Gasteiger partial charge is 0.382 e. The molecule has 0 aromatic heterocycles. The van der Waals surface area contributed by atoms with Crippen LogP contribution in [0.4, 0.5) is 14.5 Å². The van der Waals surface area contributed by atoms with Gasteiger partial charge < -0.3 is 5.32 Å². The van der Waals surface area contributed by atoms with Gasteiger partial charge in [0.15, 0.2) is 0 Å². The van der Waals surface area contributed by atoms with Gasteiger partial charge in [0.05, 0.1) is 0 Å². The third-order valence-electron chi connectivity index (χ3n) is 3.89. The SMILES string of the molecule is Cc1cc(F)cc(NC2CC(c3ccc(F)cc3)C2)c1. The van der Waals surface area contributed by atoms with E-state index in [9.17, 15) is 8.78 Å². The van der Waals surface area contributed by atoms with Crippen LogP contribution in [-0.4, -0.2) is 6.04 Å². The van der Waals surface area contributed by atoms with Crippen molar-refractivity contribution in [2.75, 3.05) is 5.32 Å². The molecule has 104 valence electrons. The van der Waals surface area contributed by atoms with Crippen molar-refractivity contribution in [2.45, 2.75) is 31.7 Å². The number of rotatable bonds is 3. The molecular weight excluding hydrogens is 256 g/mol. The van der Waals surface area contributed by atoms with Crippen LogP contribution in [0.2, 0.25) is 0 Å². The Hall–Kier alpha value is -1.90. The van der Waals surface area contributed by atoms with Crippen LogP contribution in [0.3, 0.4) is 0 Å². The van der Waals surface area contributed by atoms with Crippen LogP contribution in [-0.2, 0) is 0 Å². The fourth-order valence-electron chi connectivity index (χ4n) is 2.80. The van der Waals surface area contributed by atoms with Gasteiger partial charge in [-0.1, -0.05) is 12.1 Å². The van der Waals surface area contributed by atoms with Gasteiger partial charge in [0, 0.05) is 11.7 Å². The molecule has 0 radical (unpaired) electrons. The Morgan fingerprint density at radius 2 is 1.65 bits per heavy atom. The highest BCUT2D eigenvalue weighted by Gasteiger charge is 2.30. The zero-order valence-corrected chi connectivity index (χ0v) is 11.4. The smallest absolute Gasteiger partial charge is 0.125 e. The summed E-state index contributed by atoms with van der Waals surface area (Å²) in [6, 6.07) is 12.1. The molecule has 0 amide bonds. The van der Waals surface area contributed by atoms with Crippen LogP contribution in [0.25, 0.3) is 0 Å². The Balaban J connectivity index is 1.59. The van der Waals surface area contributed by atoms with Gasteiger partial charge in [-0.2, -0.15) is 0 Å². The Morgan fingerprint density at radius 3 is 2.30 bits per heavy atom. The number of hydrogen-bond acceptors (Lipinski definition) is 1. The molecule has 0 saturated heterocycles. The fraction of sp³-hybridized carbons (Fsp3) is 0.294. The lowest BCUT2D eigenvalue weighted by Crippen LogP contribution is -2.34. The van der Waals surface area contributed by atoms with Gasteiger partial charge >= 0.3 is 0 Å². The zero-order chi connectivity index (χ0) is 14.1. The lowest BCUT2D eigenvalue weighted by Gasteiger charge is -2.37. The molecule has 0 heterocycles. The second-order valence-corrected chi connectivity index (χ2v) is 5.58. The van der Waals surface area contributed by atoms with E-state index in [1.54, 1.807) is 0 Å². The highest BCUT2D eigenvalue weighted by molar-refractivity contribution is 5.47. The van der Waals surface area contributed by atoms with E-state index < -0.39 is 0 Å². The van der Waals surface area contributed by atoms with Crippen LogP contribution >= 0.6 is 0 Å². The van der Waals surface area contributed by atoms with Crippen LogP contribution in [0.15, 0.2) is 42.5 Å². The number of hydrogen-bond donors (Lipinski definition) is 1. The summed E-state index contributed by atoms with van der Waals surface area (Å²) in [6.45, 7) is 1.89. The van der Waals surface area contributed by atoms with Gasteiger partial charge in [0.1, 0.15) is 11.6 Å². The van der Waals surface area contributed by atoms with Gasteiger partial charge in [-0.15, -0.1) is 0 Å². The minimum absolute atomic E-state index is 0.196. The quantitative estimate of drug-likeness (QED) is 0.859. The monoisotopic (exact) mass is 273 g/mol. The normalized spacial score (nSPS) is 21.4. The minimum atomic E-state index is -0.207. The predicted molar refractivity (Wildman–Crippen MR) is 76.9 cm³/mol. The summed E-state index contributed by atoms with van der Waals surface area (Å²) in [7, 11) is 0. The zero-order valence-electron chi connectivity index (χ0n) is 11.4. The van der Waals surface area contributed by atoms with E-state index in [-0.39, 0.29) is 11.6 Å². The molecule has 0 spiro atoms. The third-order valence-corrected chi connectivity index (χ3v) is 3.89. The van der Waals surface area contributed by atoms with Gasteiger partial charge in [0.25, 0.3) is 0 Å². The summed E-state index contributed by atoms with van der Waals surface area (Å²) in [5, 5.41) is 3.36. The molecule has 3 heteroatoms. The summed E-state index contributed by atoms with van der Waals surface area (Å²) in [6.07, 6.45) is 2.00. The first-order chi connectivity index (χ1) is 9.60. The summed E-state index contributed by atoms with van der Waals surface area (Å²) < 4.78 is 26.2. The molecule has 1 aliphatic carbocycles. The average molecular weight is 273 g/mol. The van der Waals surface area contributed by atoms with Crippen molar-refractivity contribution < 1.29 is 8.78 Å². The molecule has 0 aliphatic heterocycles. The van der Waals surface area contributed by atoms with E-state index in [0.717, 1.165) is 24.1 Å². The van der Waals surface area contributed by atoms with Crippen molar-refractivity contribution in [3.63, 3.8) is 0 Å². The first-order valence-electron chi connectivity index (χ1n) is 6.89. The van der Waals surface area contributed by atoms with E-state index in [1.165, 1.54) is 29.8 Å². The highest BCUT2D eigenvalue weighted by Crippen LogP contribution is 2.38. The van der Waals surface area contributed by atoms with Gasteiger partial charge in [-0.25, -0.2) is 8.78 Å². The van der Waals surface area contributed by atoms with Crippen LogP contribution in [0, 0.1) is 18.6 Å². The van der Waals surface area contributed by atoms with Gasteiger partial charge in [0.2, 0.25) is 0 Å². The van der Waals surface area contributed by atoms with Crippen LogP contribution in [0.5, 0.6) is 0 Å². The summed E-state index contributed by atoms with van der Waals surface area (Å²) >= 11 is 0. The number of benzene rings is 2. The van der Waals surface area contributed by atoms with Gasteiger partial charge in [-0.3, -0.25) is 0 Å². The molecule has 1 fully saturated rings. The number of nitrogens with one attached hydrogen (secondary N) is 1. The molecule has 20 heavy (non-hydrogen) atoms. The van der Waals surface area contributed by atoms with Crippen molar-refractivity contribution in [1.82, 2.24) is 0 Å². The molecule has 3 rings (SSSR count). The molecule has 1 saturated carbocycles. The Labute approximate surface area is 117 Å². The van der Waals surface area contributed by atoms with E-state index >= 15 is 0 Å². The number of aryl methyl sites for hydroxylation is 1. The predicted octanol–water partition coefficient (Wildman–Crippen LogP) is 4.63. The maximum Gasteiger partial charge on any atom is 0.125 e. The van der Waals surface area contributed by atoms with Gasteiger partial charge in [-0.05, 0) is 67.1 Å². The molecule has 1 nitrogen and oxygen atoms in total. The summed E-state index contributed by atoms with van der Waals surface area (Å²) in [5.74, 6) is 0.0719. The fourth-order valence-corrected chi connectivity index (χ4v) is 2.80. The molecule has 0 unspecified atom stereocenters. The van der Waals surface area contributed by atoms with Crippen molar-refractivity contribution in [1.29, 1.82) is 0 Å². The Kier molecular flexibility index (Phi) is 3.43. The Morgan fingerprint density at radius 1 is 0.950 bits per heavy atom. The first-order valence-corrected chi connectivity index (χ1v) is 6.89. The van der Waals surface area contributed by atoms with E-state index in [4.69, 9.17) is 0 Å². The number of anilines is 1. The van der Waals surface area contributed by atoms with Crippen molar-refractivity contribution in [3.8, 4) is 0 Å². The Bertz CT molecular complexity index is 581. The molecule has 2 aromatic rings.